The van der Waals surface area contributed by atoms with Gasteiger partial charge in [0, 0.05) is 0 Å². The summed E-state index contributed by atoms with van der Waals surface area (Å²) < 4.78 is 9.99. The van der Waals surface area contributed by atoms with Crippen molar-refractivity contribution in [2.45, 2.75) is 44.9 Å². The molecule has 2 rings (SSSR count). The molecule has 1 fully saturated rings. The minimum atomic E-state index is -0.986. The molecule has 1 aromatic rings. The summed E-state index contributed by atoms with van der Waals surface area (Å²) >= 11 is 0. The first-order valence-corrected chi connectivity index (χ1v) is 7.60. The first kappa shape index (κ1) is 15.5. The van der Waals surface area contributed by atoms with Gasteiger partial charge in [0.1, 0.15) is 0 Å². The number of carbonyl (C=O) groups is 2. The summed E-state index contributed by atoms with van der Waals surface area (Å²) in [5, 5.41) is 0. The van der Waals surface area contributed by atoms with Gasteiger partial charge < -0.3 is 9.47 Å². The highest BCUT2D eigenvalue weighted by Crippen LogP contribution is 2.36. The van der Waals surface area contributed by atoms with Gasteiger partial charge in [-0.05, 0) is 43.7 Å². The van der Waals surface area contributed by atoms with Crippen molar-refractivity contribution in [3.63, 3.8) is 0 Å². The van der Waals surface area contributed by atoms with Crippen LogP contribution in [-0.2, 0) is 19.1 Å². The normalized spacial score (nSPS) is 14.6. The van der Waals surface area contributed by atoms with E-state index in [1.807, 2.05) is 24.3 Å². The fourth-order valence-corrected chi connectivity index (χ4v) is 2.52. The zero-order valence-electron chi connectivity index (χ0n) is 12.6. The number of esters is 2. The Morgan fingerprint density at radius 2 is 1.57 bits per heavy atom. The van der Waals surface area contributed by atoms with E-state index in [0.29, 0.717) is 11.5 Å². The molecule has 0 aromatic heterocycles. The second-order valence-electron chi connectivity index (χ2n) is 5.23. The van der Waals surface area contributed by atoms with Crippen molar-refractivity contribution in [2.75, 3.05) is 13.2 Å². The van der Waals surface area contributed by atoms with Gasteiger partial charge in [0.25, 0.3) is 0 Å². The lowest BCUT2D eigenvalue weighted by Crippen LogP contribution is -2.26. The van der Waals surface area contributed by atoms with E-state index in [2.05, 4.69) is 0 Å². The minimum Gasteiger partial charge on any atom is -0.465 e. The lowest BCUT2D eigenvalue weighted by Gasteiger charge is -2.26. The second kappa shape index (κ2) is 7.25. The molecule has 4 heteroatoms. The highest BCUT2D eigenvalue weighted by molar-refractivity contribution is 6.00. The molecule has 0 aliphatic heterocycles. The van der Waals surface area contributed by atoms with E-state index in [4.69, 9.17) is 9.47 Å². The second-order valence-corrected chi connectivity index (χ2v) is 5.23. The van der Waals surface area contributed by atoms with Crippen LogP contribution < -0.4 is 0 Å². The Morgan fingerprint density at radius 3 is 1.95 bits per heavy atom. The summed E-state index contributed by atoms with van der Waals surface area (Å²) in [5.74, 6) is -1.46. The molecule has 0 bridgehead atoms. The molecule has 1 aliphatic rings. The highest BCUT2D eigenvalue weighted by atomic mass is 16.6. The standard InChI is InChI=1S/C17H22O4/c1-3-20-16(18)15(17(19)21-4-2)14-10-8-13(9-11-14)12-6-5-7-12/h8-12,15H,3-7H2,1-2H3. The Labute approximate surface area is 125 Å². The van der Waals surface area contributed by atoms with Gasteiger partial charge in [0.2, 0.25) is 0 Å². The minimum absolute atomic E-state index is 0.245. The van der Waals surface area contributed by atoms with Gasteiger partial charge in [0.05, 0.1) is 13.2 Å². The maximum atomic E-state index is 12.0. The molecular weight excluding hydrogens is 268 g/mol. The molecule has 1 saturated carbocycles. The maximum Gasteiger partial charge on any atom is 0.324 e. The molecule has 1 aliphatic carbocycles. The van der Waals surface area contributed by atoms with Crippen molar-refractivity contribution in [3.05, 3.63) is 35.4 Å². The summed E-state index contributed by atoms with van der Waals surface area (Å²) in [6.07, 6.45) is 3.72. The van der Waals surface area contributed by atoms with Crippen molar-refractivity contribution in [3.8, 4) is 0 Å². The van der Waals surface area contributed by atoms with Gasteiger partial charge in [-0.15, -0.1) is 0 Å². The molecule has 1 aromatic carbocycles. The van der Waals surface area contributed by atoms with Crippen LogP contribution in [-0.4, -0.2) is 25.2 Å². The van der Waals surface area contributed by atoms with E-state index >= 15 is 0 Å². The van der Waals surface area contributed by atoms with Crippen LogP contribution >= 0.6 is 0 Å². The van der Waals surface area contributed by atoms with E-state index in [1.165, 1.54) is 24.8 Å². The number of carbonyl (C=O) groups excluding carboxylic acids is 2. The van der Waals surface area contributed by atoms with Crippen LogP contribution in [0.2, 0.25) is 0 Å². The number of benzene rings is 1. The zero-order chi connectivity index (χ0) is 15.2. The molecule has 21 heavy (non-hydrogen) atoms. The number of hydrogen-bond acceptors (Lipinski definition) is 4. The third kappa shape index (κ3) is 3.63. The predicted molar refractivity (Wildman–Crippen MR) is 79.0 cm³/mol. The molecular formula is C17H22O4. The molecule has 0 radical (unpaired) electrons. The average Bonchev–Trinajstić information content (AvgIpc) is 2.39. The lowest BCUT2D eigenvalue weighted by atomic mass is 9.79. The van der Waals surface area contributed by atoms with Crippen molar-refractivity contribution in [1.29, 1.82) is 0 Å². The van der Waals surface area contributed by atoms with Gasteiger partial charge in [0.15, 0.2) is 5.92 Å². The molecule has 114 valence electrons. The number of hydrogen-bond donors (Lipinski definition) is 0. The Morgan fingerprint density at radius 1 is 1.05 bits per heavy atom. The lowest BCUT2D eigenvalue weighted by molar-refractivity contribution is -0.156. The quantitative estimate of drug-likeness (QED) is 0.596. The fraction of sp³-hybridized carbons (Fsp3) is 0.529. The van der Waals surface area contributed by atoms with Crippen molar-refractivity contribution < 1.29 is 19.1 Å². The SMILES string of the molecule is CCOC(=O)C(C(=O)OCC)c1ccc(C2CCC2)cc1. The van der Waals surface area contributed by atoms with E-state index in [-0.39, 0.29) is 13.2 Å². The van der Waals surface area contributed by atoms with Crippen LogP contribution in [0.25, 0.3) is 0 Å². The third-order valence-electron chi connectivity index (χ3n) is 3.89. The van der Waals surface area contributed by atoms with Gasteiger partial charge in [-0.25, -0.2) is 0 Å². The van der Waals surface area contributed by atoms with E-state index in [9.17, 15) is 9.59 Å². The van der Waals surface area contributed by atoms with Crippen LogP contribution in [0.1, 0.15) is 56.1 Å². The Kier molecular flexibility index (Phi) is 5.37. The van der Waals surface area contributed by atoms with Crippen molar-refractivity contribution >= 4 is 11.9 Å². The fourth-order valence-electron chi connectivity index (χ4n) is 2.52. The van der Waals surface area contributed by atoms with Gasteiger partial charge in [-0.2, -0.15) is 0 Å². The van der Waals surface area contributed by atoms with Gasteiger partial charge in [-0.3, -0.25) is 9.59 Å². The van der Waals surface area contributed by atoms with E-state index in [1.54, 1.807) is 13.8 Å². The molecule has 0 unspecified atom stereocenters. The van der Waals surface area contributed by atoms with E-state index in [0.717, 1.165) is 0 Å². The summed E-state index contributed by atoms with van der Waals surface area (Å²) in [7, 11) is 0. The van der Waals surface area contributed by atoms with Crippen molar-refractivity contribution in [2.24, 2.45) is 0 Å². The molecule has 0 saturated heterocycles. The first-order chi connectivity index (χ1) is 10.2. The zero-order valence-corrected chi connectivity index (χ0v) is 12.6. The number of ether oxygens (including phenoxy) is 2. The molecule has 0 spiro atoms. The molecule has 0 N–H and O–H groups in total. The van der Waals surface area contributed by atoms with E-state index < -0.39 is 17.9 Å². The molecule has 0 atom stereocenters. The van der Waals surface area contributed by atoms with Gasteiger partial charge in [-0.1, -0.05) is 30.7 Å². The first-order valence-electron chi connectivity index (χ1n) is 7.60. The third-order valence-corrected chi connectivity index (χ3v) is 3.89. The Bertz CT molecular complexity index is 470. The Balaban J connectivity index is 2.18. The molecule has 4 nitrogen and oxygen atoms in total. The summed E-state index contributed by atoms with van der Waals surface area (Å²) in [5.41, 5.74) is 1.91. The summed E-state index contributed by atoms with van der Waals surface area (Å²) in [4.78, 5) is 24.0. The maximum absolute atomic E-state index is 12.0. The van der Waals surface area contributed by atoms with Gasteiger partial charge >= 0.3 is 11.9 Å². The van der Waals surface area contributed by atoms with Crippen LogP contribution in [0.3, 0.4) is 0 Å². The van der Waals surface area contributed by atoms with Crippen LogP contribution in [0, 0.1) is 0 Å². The Hall–Kier alpha value is -1.84. The largest absolute Gasteiger partial charge is 0.465 e. The van der Waals surface area contributed by atoms with Crippen molar-refractivity contribution in [1.82, 2.24) is 0 Å². The topological polar surface area (TPSA) is 52.6 Å². The predicted octanol–water partition coefficient (Wildman–Crippen LogP) is 3.16. The molecule has 0 amide bonds. The monoisotopic (exact) mass is 290 g/mol. The molecule has 0 heterocycles. The number of rotatable bonds is 6. The average molecular weight is 290 g/mol. The summed E-state index contributed by atoms with van der Waals surface area (Å²) in [6.45, 7) is 3.93. The highest BCUT2D eigenvalue weighted by Gasteiger charge is 2.31. The van der Waals surface area contributed by atoms with Crippen LogP contribution in [0.15, 0.2) is 24.3 Å². The smallest absolute Gasteiger partial charge is 0.324 e. The van der Waals surface area contributed by atoms with Crippen LogP contribution in [0.4, 0.5) is 0 Å². The summed E-state index contributed by atoms with van der Waals surface area (Å²) in [6, 6.07) is 7.69. The van der Waals surface area contributed by atoms with Crippen LogP contribution in [0.5, 0.6) is 0 Å².